The number of ether oxygens (including phenoxy) is 1. The quantitative estimate of drug-likeness (QED) is 0.855. The number of carboxylic acids is 1. The van der Waals surface area contributed by atoms with Gasteiger partial charge in [-0.25, -0.2) is 9.78 Å². The molecule has 3 rings (SSSR count). The summed E-state index contributed by atoms with van der Waals surface area (Å²) in [5.74, 6) is -0.344. The first kappa shape index (κ1) is 11.9. The van der Waals surface area contributed by atoms with E-state index in [1.54, 1.807) is 12.3 Å². The first-order valence-electron chi connectivity index (χ1n) is 6.17. The second-order valence-electron chi connectivity index (χ2n) is 4.45. The van der Waals surface area contributed by atoms with E-state index in [2.05, 4.69) is 15.4 Å². The monoisotopic (exact) mass is 262 g/mol. The molecule has 2 aromatic rings. The molecule has 2 aromatic heterocycles. The zero-order chi connectivity index (χ0) is 13.2. The van der Waals surface area contributed by atoms with E-state index >= 15 is 0 Å². The fraction of sp³-hybridized carbons (Fsp3) is 0.417. The minimum absolute atomic E-state index is 0.0149. The van der Waals surface area contributed by atoms with Gasteiger partial charge in [0.25, 0.3) is 0 Å². The van der Waals surface area contributed by atoms with E-state index in [4.69, 9.17) is 9.84 Å². The summed E-state index contributed by atoms with van der Waals surface area (Å²) in [6, 6.07) is 3.21. The molecule has 1 fully saturated rings. The molecule has 7 nitrogen and oxygen atoms in total. The number of anilines is 1. The molecule has 100 valence electrons. The number of nitrogens with zero attached hydrogens (tertiary/aromatic N) is 3. The fourth-order valence-electron chi connectivity index (χ4n) is 2.16. The molecule has 0 radical (unpaired) electrons. The van der Waals surface area contributed by atoms with E-state index in [9.17, 15) is 4.79 Å². The van der Waals surface area contributed by atoms with E-state index < -0.39 is 5.97 Å². The maximum Gasteiger partial charge on any atom is 0.356 e. The number of hydrogen-bond donors (Lipinski definition) is 2. The van der Waals surface area contributed by atoms with Crippen LogP contribution in [-0.2, 0) is 4.74 Å². The molecule has 3 heterocycles. The minimum atomic E-state index is -1.06. The molecule has 0 spiro atoms. The van der Waals surface area contributed by atoms with Crippen molar-refractivity contribution in [3.8, 4) is 0 Å². The van der Waals surface area contributed by atoms with Gasteiger partial charge in [-0.05, 0) is 18.9 Å². The van der Waals surface area contributed by atoms with Crippen molar-refractivity contribution in [2.24, 2.45) is 0 Å². The van der Waals surface area contributed by atoms with Crippen LogP contribution < -0.4 is 5.32 Å². The molecule has 0 amide bonds. The van der Waals surface area contributed by atoms with Crippen molar-refractivity contribution in [1.29, 1.82) is 0 Å². The lowest BCUT2D eigenvalue weighted by molar-refractivity contribution is 0.0690. The zero-order valence-electron chi connectivity index (χ0n) is 10.2. The Hall–Kier alpha value is -2.15. The lowest BCUT2D eigenvalue weighted by Gasteiger charge is -2.12. The summed E-state index contributed by atoms with van der Waals surface area (Å²) < 4.78 is 7.03. The number of aromatic carboxylic acids is 1. The Morgan fingerprint density at radius 2 is 2.53 bits per heavy atom. The number of aromatic nitrogens is 3. The van der Waals surface area contributed by atoms with Gasteiger partial charge >= 0.3 is 5.97 Å². The average Bonchev–Trinajstić information content (AvgIpc) is 3.05. The molecule has 1 aliphatic heterocycles. The molecule has 1 unspecified atom stereocenters. The zero-order valence-corrected chi connectivity index (χ0v) is 10.2. The smallest absolute Gasteiger partial charge is 0.356 e. The molecular weight excluding hydrogens is 248 g/mol. The third-order valence-electron chi connectivity index (χ3n) is 3.11. The number of carbonyl (C=O) groups is 1. The van der Waals surface area contributed by atoms with Crippen molar-refractivity contribution in [1.82, 2.24) is 14.6 Å². The Balaban J connectivity index is 1.83. The van der Waals surface area contributed by atoms with Crippen LogP contribution in [0.1, 0.15) is 23.3 Å². The maximum absolute atomic E-state index is 10.9. The third-order valence-corrected chi connectivity index (χ3v) is 3.11. The highest BCUT2D eigenvalue weighted by molar-refractivity contribution is 5.86. The molecule has 1 atom stereocenters. The predicted molar refractivity (Wildman–Crippen MR) is 67.4 cm³/mol. The van der Waals surface area contributed by atoms with E-state index in [1.165, 1.54) is 10.6 Å². The van der Waals surface area contributed by atoms with E-state index in [-0.39, 0.29) is 11.8 Å². The van der Waals surface area contributed by atoms with Gasteiger partial charge in [0.2, 0.25) is 0 Å². The molecule has 19 heavy (non-hydrogen) atoms. The third kappa shape index (κ3) is 2.37. The highest BCUT2D eigenvalue weighted by Gasteiger charge is 2.16. The lowest BCUT2D eigenvalue weighted by Crippen LogP contribution is -2.20. The number of fused-ring (bicyclic) bond motifs is 1. The molecule has 1 saturated heterocycles. The summed E-state index contributed by atoms with van der Waals surface area (Å²) in [6.45, 7) is 1.49. The molecule has 1 aliphatic rings. The molecule has 0 aliphatic carbocycles. The van der Waals surface area contributed by atoms with Gasteiger partial charge in [0.1, 0.15) is 5.82 Å². The molecule has 0 saturated carbocycles. The Morgan fingerprint density at radius 1 is 1.63 bits per heavy atom. The molecule has 7 heteroatoms. The van der Waals surface area contributed by atoms with Gasteiger partial charge in [-0.2, -0.15) is 9.61 Å². The van der Waals surface area contributed by atoms with E-state index in [0.29, 0.717) is 18.0 Å². The molecule has 0 aromatic carbocycles. The summed E-state index contributed by atoms with van der Waals surface area (Å²) in [7, 11) is 0. The standard InChI is InChI=1S/C12H14N4O3/c17-12(18)9-6-11-13-4-3-10(16(11)15-9)14-7-8-2-1-5-19-8/h3-4,6,8,14H,1-2,5,7H2,(H,17,18). The van der Waals surface area contributed by atoms with Gasteiger partial charge in [0.05, 0.1) is 6.10 Å². The number of carboxylic acid groups (broad SMARTS) is 1. The van der Waals surface area contributed by atoms with Crippen LogP contribution in [0.2, 0.25) is 0 Å². The summed E-state index contributed by atoms with van der Waals surface area (Å²) in [4.78, 5) is 15.0. The van der Waals surface area contributed by atoms with E-state index in [0.717, 1.165) is 19.4 Å². The Kier molecular flexibility index (Phi) is 3.04. The van der Waals surface area contributed by atoms with Crippen molar-refractivity contribution in [2.75, 3.05) is 18.5 Å². The van der Waals surface area contributed by atoms with Crippen molar-refractivity contribution in [2.45, 2.75) is 18.9 Å². The SMILES string of the molecule is O=C(O)c1cc2nccc(NCC3CCCO3)n2n1. The van der Waals surface area contributed by atoms with Gasteiger partial charge < -0.3 is 15.2 Å². The second-order valence-corrected chi connectivity index (χ2v) is 4.45. The normalized spacial score (nSPS) is 18.8. The van der Waals surface area contributed by atoms with Crippen LogP contribution in [-0.4, -0.2) is 44.9 Å². The predicted octanol–water partition coefficient (Wildman–Crippen LogP) is 1.02. The summed E-state index contributed by atoms with van der Waals surface area (Å²) >= 11 is 0. The van der Waals surface area contributed by atoms with Crippen LogP contribution in [0.25, 0.3) is 5.65 Å². The number of rotatable bonds is 4. The van der Waals surface area contributed by atoms with Crippen molar-refractivity contribution in [3.05, 3.63) is 24.0 Å². The van der Waals surface area contributed by atoms with Crippen LogP contribution in [0.15, 0.2) is 18.3 Å². The Morgan fingerprint density at radius 3 is 3.26 bits per heavy atom. The fourth-order valence-corrected chi connectivity index (χ4v) is 2.16. The van der Waals surface area contributed by atoms with Crippen LogP contribution in [0.3, 0.4) is 0 Å². The topological polar surface area (TPSA) is 88.8 Å². The van der Waals surface area contributed by atoms with Crippen LogP contribution >= 0.6 is 0 Å². The highest BCUT2D eigenvalue weighted by Crippen LogP contribution is 2.15. The van der Waals surface area contributed by atoms with Crippen LogP contribution in [0.4, 0.5) is 5.82 Å². The average molecular weight is 262 g/mol. The maximum atomic E-state index is 10.9. The minimum Gasteiger partial charge on any atom is -0.476 e. The lowest BCUT2D eigenvalue weighted by atomic mass is 10.2. The van der Waals surface area contributed by atoms with Gasteiger partial charge in [-0.15, -0.1) is 0 Å². The van der Waals surface area contributed by atoms with Crippen molar-refractivity contribution in [3.63, 3.8) is 0 Å². The Bertz CT molecular complexity index is 604. The highest BCUT2D eigenvalue weighted by atomic mass is 16.5. The first-order valence-corrected chi connectivity index (χ1v) is 6.17. The van der Waals surface area contributed by atoms with Gasteiger partial charge in [0, 0.05) is 25.4 Å². The second kappa shape index (κ2) is 4.85. The largest absolute Gasteiger partial charge is 0.476 e. The summed E-state index contributed by atoms with van der Waals surface area (Å²) in [5.41, 5.74) is 0.494. The van der Waals surface area contributed by atoms with Gasteiger partial charge in [0.15, 0.2) is 11.3 Å². The number of hydrogen-bond acceptors (Lipinski definition) is 5. The van der Waals surface area contributed by atoms with Gasteiger partial charge in [-0.1, -0.05) is 0 Å². The molecular formula is C12H14N4O3. The van der Waals surface area contributed by atoms with Crippen molar-refractivity contribution >= 4 is 17.4 Å². The van der Waals surface area contributed by atoms with Crippen LogP contribution in [0, 0.1) is 0 Å². The van der Waals surface area contributed by atoms with Gasteiger partial charge in [-0.3, -0.25) is 0 Å². The molecule has 2 N–H and O–H groups in total. The molecule has 0 bridgehead atoms. The number of nitrogens with one attached hydrogen (secondary N) is 1. The Labute approximate surface area is 109 Å². The van der Waals surface area contributed by atoms with Crippen LogP contribution in [0.5, 0.6) is 0 Å². The van der Waals surface area contributed by atoms with Crippen molar-refractivity contribution < 1.29 is 14.6 Å². The van der Waals surface area contributed by atoms with E-state index in [1.807, 2.05) is 0 Å². The summed E-state index contributed by atoms with van der Waals surface area (Å²) in [6.07, 6.45) is 3.96. The summed E-state index contributed by atoms with van der Waals surface area (Å²) in [5, 5.41) is 16.2. The first-order chi connectivity index (χ1) is 9.24.